The summed E-state index contributed by atoms with van der Waals surface area (Å²) >= 11 is 17.0. The van der Waals surface area contributed by atoms with E-state index in [2.05, 4.69) is 219 Å². The maximum absolute atomic E-state index is 13.7. The number of aryl methyl sites for hydroxylation is 5. The molecular weight excluding hydrogens is 1950 g/mol. The second-order valence-electron chi connectivity index (χ2n) is 39.5. The van der Waals surface area contributed by atoms with Gasteiger partial charge < -0.3 is 19.7 Å². The molecule has 0 fully saturated rings. The monoisotopic (exact) mass is 2110 g/mol. The van der Waals surface area contributed by atoms with Crippen molar-refractivity contribution in [2.75, 3.05) is 13.2 Å². The summed E-state index contributed by atoms with van der Waals surface area (Å²) in [5.41, 5.74) is 11.0. The van der Waals surface area contributed by atoms with Crippen LogP contribution in [0.25, 0.3) is 57.8 Å². The molecule has 0 bridgehead atoms. The van der Waals surface area contributed by atoms with Crippen LogP contribution in [0.2, 0.25) is 0 Å². The van der Waals surface area contributed by atoms with Crippen LogP contribution in [0, 0.1) is 0 Å². The van der Waals surface area contributed by atoms with Gasteiger partial charge >= 0.3 is 11.9 Å². The largest absolute Gasteiger partial charge is 0.462 e. The fourth-order valence-corrected chi connectivity index (χ4v) is 29.0. The van der Waals surface area contributed by atoms with Crippen molar-refractivity contribution in [3.8, 4) is 39.0 Å². The number of halogens is 1. The Morgan fingerprint density at radius 2 is 0.440 bits per heavy atom. The van der Waals surface area contributed by atoms with Crippen molar-refractivity contribution in [2.45, 2.75) is 413 Å². The van der Waals surface area contributed by atoms with Gasteiger partial charge in [0, 0.05) is 53.9 Å². The normalized spacial score (nSPS) is 11.7. The summed E-state index contributed by atoms with van der Waals surface area (Å²) < 4.78 is 16.3. The van der Waals surface area contributed by atoms with E-state index >= 15 is 0 Å². The highest BCUT2D eigenvalue weighted by Gasteiger charge is 2.40. The van der Waals surface area contributed by atoms with Crippen LogP contribution in [0.1, 0.15) is 451 Å². The maximum atomic E-state index is 13.7. The zero-order valence-corrected chi connectivity index (χ0v) is 95.1. The molecule has 0 saturated heterocycles. The molecule has 0 spiro atoms. The number of thiophene rings is 8. The minimum atomic E-state index is -1.34. The summed E-state index contributed by atoms with van der Waals surface area (Å²) in [6, 6.07) is 61.7. The SMILES string of the molecule is CCCCCCCCCCCCc1ccc(Br)cc1.CCCCCCCCCCCCc1ccc(C(O)(c2ccc(CCCCCCCCCCCC)cc2)c2ccsc2-c2cc3sc(-c4sccc4C(O)(c4ccc(CCCCCCCCCCCC)cc4)c4ccc(CCCCCCCCCCCC)cc4)cc3s2)cc1.CCOC(=O)c1ccsc1-c1cc2sc(-c3sccc3C(=O)OCC)cc2s1. The number of hydrogen-bond acceptors (Lipinski definition) is 14. The van der Waals surface area contributed by atoms with Crippen molar-refractivity contribution in [1.82, 2.24) is 0 Å². The highest BCUT2D eigenvalue weighted by Crippen LogP contribution is 2.53. The van der Waals surface area contributed by atoms with Crippen LogP contribution in [0.3, 0.4) is 0 Å². The quantitative estimate of drug-likeness (QED) is 0.0291. The van der Waals surface area contributed by atoms with Gasteiger partial charge in [0.1, 0.15) is 11.2 Å². The topological polar surface area (TPSA) is 93.1 Å². The average Bonchev–Trinajstić information content (AvgIpc) is 1.62. The summed E-state index contributed by atoms with van der Waals surface area (Å²) in [6.45, 7) is 15.8. The molecule has 2 N–H and O–H groups in total. The summed E-state index contributed by atoms with van der Waals surface area (Å²) in [5.74, 6) is -0.567. The van der Waals surface area contributed by atoms with Gasteiger partial charge in [-0.05, 0) is 210 Å². The third-order valence-corrected chi connectivity index (χ3v) is 37.7. The molecule has 8 heterocycles. The molecule has 5 aromatic carbocycles. The van der Waals surface area contributed by atoms with Gasteiger partial charge in [0.2, 0.25) is 0 Å². The summed E-state index contributed by atoms with van der Waals surface area (Å²) in [7, 11) is 0. The number of fused-ring (bicyclic) bond motifs is 2. The second kappa shape index (κ2) is 66.0. The summed E-state index contributed by atoms with van der Waals surface area (Å²) in [6.07, 6.45) is 73.3. The highest BCUT2D eigenvalue weighted by atomic mass is 79.9. The van der Waals surface area contributed by atoms with E-state index < -0.39 is 11.2 Å². The molecule has 0 amide bonds. The molecule has 141 heavy (non-hydrogen) atoms. The van der Waals surface area contributed by atoms with E-state index in [1.165, 1.54) is 379 Å². The third-order valence-electron chi connectivity index (χ3n) is 28.2. The molecule has 15 heteroatoms. The lowest BCUT2D eigenvalue weighted by atomic mass is 9.79. The van der Waals surface area contributed by atoms with Crippen LogP contribution >= 0.6 is 107 Å². The highest BCUT2D eigenvalue weighted by molar-refractivity contribution is 9.10. The lowest BCUT2D eigenvalue weighted by Crippen LogP contribution is -2.29. The molecule has 0 unspecified atom stereocenters. The van der Waals surface area contributed by atoms with E-state index in [9.17, 15) is 19.8 Å². The predicted octanol–water partition coefficient (Wildman–Crippen LogP) is 42.5. The Hall–Kier alpha value is -6.44. The Morgan fingerprint density at radius 1 is 0.248 bits per heavy atom. The lowest BCUT2D eigenvalue weighted by molar-refractivity contribution is 0.0518. The molecule has 0 aliphatic rings. The van der Waals surface area contributed by atoms with Gasteiger partial charge in [0.05, 0.1) is 43.8 Å². The Labute approximate surface area is 891 Å². The predicted molar refractivity (Wildman–Crippen MR) is 626 cm³/mol. The Morgan fingerprint density at radius 3 is 0.660 bits per heavy atom. The van der Waals surface area contributed by atoms with E-state index in [1.807, 2.05) is 59.4 Å². The third kappa shape index (κ3) is 37.1. The van der Waals surface area contributed by atoms with E-state index in [4.69, 9.17) is 9.47 Å². The van der Waals surface area contributed by atoms with Crippen LogP contribution in [-0.2, 0) is 52.8 Å². The number of benzene rings is 5. The maximum Gasteiger partial charge on any atom is 0.339 e. The van der Waals surface area contributed by atoms with Gasteiger partial charge in [-0.3, -0.25) is 0 Å². The number of unbranched alkanes of at least 4 members (excludes halogenated alkanes) is 45. The molecule has 0 aliphatic carbocycles. The van der Waals surface area contributed by atoms with Crippen LogP contribution < -0.4 is 0 Å². The zero-order chi connectivity index (χ0) is 99.2. The minimum Gasteiger partial charge on any atom is -0.462 e. The smallest absolute Gasteiger partial charge is 0.339 e. The Balaban J connectivity index is 0.000000325. The minimum absolute atomic E-state index is 0.283. The van der Waals surface area contributed by atoms with Crippen LogP contribution in [0.15, 0.2) is 196 Å². The van der Waals surface area contributed by atoms with E-state index in [-0.39, 0.29) is 11.9 Å². The van der Waals surface area contributed by atoms with Gasteiger partial charge in [-0.1, -0.05) is 449 Å². The first kappa shape index (κ1) is 115. The van der Waals surface area contributed by atoms with Gasteiger partial charge in [0.15, 0.2) is 0 Å². The van der Waals surface area contributed by atoms with E-state index in [0.717, 1.165) is 97.7 Å². The average molecular weight is 2120 g/mol. The zero-order valence-electron chi connectivity index (χ0n) is 87.0. The second-order valence-corrected chi connectivity index (χ2v) is 48.4. The Bertz CT molecular complexity index is 5030. The number of ether oxygens (including phenoxy) is 2. The molecule has 13 rings (SSSR count). The van der Waals surface area contributed by atoms with Crippen molar-refractivity contribution in [1.29, 1.82) is 0 Å². The summed E-state index contributed by atoms with van der Waals surface area (Å²) in [5, 5.41) is 35.6. The molecule has 0 atom stereocenters. The fourth-order valence-electron chi connectivity index (χ4n) is 19.8. The van der Waals surface area contributed by atoms with Gasteiger partial charge in [-0.2, -0.15) is 0 Å². The number of hydrogen-bond donors (Lipinski definition) is 2. The number of rotatable bonds is 69. The first-order chi connectivity index (χ1) is 69.2. The molecule has 8 aromatic heterocycles. The van der Waals surface area contributed by atoms with Crippen molar-refractivity contribution in [3.63, 3.8) is 0 Å². The number of aliphatic hydroxyl groups is 2. The number of esters is 2. The van der Waals surface area contributed by atoms with Gasteiger partial charge in [-0.15, -0.1) is 90.7 Å². The first-order valence-corrected chi connectivity index (χ1v) is 63.1. The van der Waals surface area contributed by atoms with Crippen molar-refractivity contribution < 1.29 is 29.3 Å². The molecule has 0 aliphatic heterocycles. The molecule has 6 nitrogen and oxygen atoms in total. The van der Waals surface area contributed by atoms with Gasteiger partial charge in [-0.25, -0.2) is 9.59 Å². The van der Waals surface area contributed by atoms with Crippen LogP contribution in [-0.4, -0.2) is 35.4 Å². The van der Waals surface area contributed by atoms with E-state index in [1.54, 1.807) is 68.0 Å². The van der Waals surface area contributed by atoms with E-state index in [0.29, 0.717) is 24.3 Å². The number of carbonyl (C=O) groups is 2. The van der Waals surface area contributed by atoms with Gasteiger partial charge in [0.25, 0.3) is 0 Å². The van der Waals surface area contributed by atoms with Crippen molar-refractivity contribution >= 4 is 137 Å². The molecule has 0 radical (unpaired) electrons. The molecule has 0 saturated carbocycles. The lowest BCUT2D eigenvalue weighted by Gasteiger charge is -2.31. The fraction of sp³-hybridized carbons (Fsp3) is 0.524. The summed E-state index contributed by atoms with van der Waals surface area (Å²) in [4.78, 5) is 33.0. The van der Waals surface area contributed by atoms with Crippen LogP contribution in [0.4, 0.5) is 0 Å². The standard InChI is InChI=1S/C88H124O2S4.C20H16O4S4.C18H29Br/c1-5-9-13-17-21-25-29-33-37-41-45-71-49-57-75(58-50-71)87(89,76-59-51-72(52-60-76)46-42-38-34-30-26-22-18-14-10-6-2)79-65-67-91-85(79)83-69-81-82(93-83)70-84(94-81)86-80(66-68-92-86)88(90,77-61-53-73(54-62-77)47-43-39-35-31-27-23-19-15-11-7-3)78-63-55-74(56-64-78)48-44-40-36-32-28-24-20-16-12-8-4;1-3-23-19(21)11-5-7-25-17(11)15-9-13-14(27-15)10-16(28-13)18-12(6-8-26-18)20(22)24-4-2;1-2-3-4-5-6-7-8-9-10-11-12-17-13-15-18(19)16-14-17/h49-70,89-90H,5-48H2,1-4H3;5-10H,3-4H2,1-2H3;13-16H,2-12H2,1H3. The molecule has 13 aromatic rings. The van der Waals surface area contributed by atoms with Crippen molar-refractivity contribution in [3.05, 3.63) is 268 Å². The van der Waals surface area contributed by atoms with Crippen molar-refractivity contribution in [2.24, 2.45) is 0 Å². The first-order valence-electron chi connectivity index (χ1n) is 55.5. The molecular formula is C126H169BrO6S8. The number of carbonyl (C=O) groups excluding carboxylic acids is 2. The van der Waals surface area contributed by atoms with Crippen LogP contribution in [0.5, 0.6) is 0 Å². The Kier molecular flexibility index (Phi) is 53.8. The molecule has 764 valence electrons.